The maximum absolute atomic E-state index is 12.7. The quantitative estimate of drug-likeness (QED) is 0.689. The van der Waals surface area contributed by atoms with Gasteiger partial charge in [0.1, 0.15) is 6.10 Å². The van der Waals surface area contributed by atoms with Crippen LogP contribution in [0.2, 0.25) is 0 Å². The van der Waals surface area contributed by atoms with E-state index in [-0.39, 0.29) is 23.3 Å². The van der Waals surface area contributed by atoms with Crippen molar-refractivity contribution in [2.75, 3.05) is 13.1 Å². The minimum Gasteiger partial charge on any atom is -0.472 e. The molecule has 1 aromatic heterocycles. The molecule has 8 heteroatoms. The number of halogens is 1. The highest BCUT2D eigenvalue weighted by molar-refractivity contribution is 9.10. The zero-order chi connectivity index (χ0) is 18.0. The Morgan fingerprint density at radius 3 is 2.64 bits per heavy atom. The normalized spacial score (nSPS) is 18.2. The van der Waals surface area contributed by atoms with Crippen LogP contribution >= 0.6 is 15.9 Å². The van der Waals surface area contributed by atoms with Crippen LogP contribution in [0.25, 0.3) is 0 Å². The Balaban J connectivity index is 1.72. The van der Waals surface area contributed by atoms with Crippen LogP contribution in [0.15, 0.2) is 52.0 Å². The van der Waals surface area contributed by atoms with Gasteiger partial charge >= 0.3 is 0 Å². The number of ether oxygens (including phenoxy) is 1. The van der Waals surface area contributed by atoms with E-state index < -0.39 is 10.0 Å². The van der Waals surface area contributed by atoms with Gasteiger partial charge in [-0.25, -0.2) is 13.4 Å². The van der Waals surface area contributed by atoms with Crippen molar-refractivity contribution >= 4 is 31.7 Å². The van der Waals surface area contributed by atoms with Crippen molar-refractivity contribution in [1.82, 2.24) is 9.29 Å². The second kappa shape index (κ2) is 7.23. The summed E-state index contributed by atoms with van der Waals surface area (Å²) in [6.45, 7) is 2.09. The van der Waals surface area contributed by atoms with E-state index in [2.05, 4.69) is 20.9 Å². The molecular weight excluding hydrogens is 408 g/mol. The Hall–Kier alpha value is -1.77. The summed E-state index contributed by atoms with van der Waals surface area (Å²) in [6, 6.07) is 9.61. The molecule has 0 aliphatic carbocycles. The van der Waals surface area contributed by atoms with Crippen LogP contribution in [-0.4, -0.2) is 42.7 Å². The van der Waals surface area contributed by atoms with Gasteiger partial charge in [-0.15, -0.1) is 0 Å². The summed E-state index contributed by atoms with van der Waals surface area (Å²) >= 11 is 3.37. The third kappa shape index (κ3) is 3.91. The summed E-state index contributed by atoms with van der Waals surface area (Å²) < 4.78 is 33.4. The predicted molar refractivity (Wildman–Crippen MR) is 96.2 cm³/mol. The zero-order valence-electron chi connectivity index (χ0n) is 13.6. The number of aromatic nitrogens is 1. The van der Waals surface area contributed by atoms with Crippen LogP contribution < -0.4 is 4.74 Å². The van der Waals surface area contributed by atoms with Crippen LogP contribution in [0, 0.1) is 0 Å². The first-order valence-corrected chi connectivity index (χ1v) is 9.99. The number of benzene rings is 1. The van der Waals surface area contributed by atoms with Gasteiger partial charge in [0.25, 0.3) is 0 Å². The molecule has 0 radical (unpaired) electrons. The van der Waals surface area contributed by atoms with E-state index in [1.807, 2.05) is 6.07 Å². The molecule has 1 aromatic carbocycles. The lowest BCUT2D eigenvalue weighted by molar-refractivity contribution is 0.101. The largest absolute Gasteiger partial charge is 0.472 e. The fourth-order valence-corrected chi connectivity index (χ4v) is 4.47. The monoisotopic (exact) mass is 424 g/mol. The topological polar surface area (TPSA) is 76.6 Å². The number of hydrogen-bond donors (Lipinski definition) is 0. The van der Waals surface area contributed by atoms with Gasteiger partial charge in [0.2, 0.25) is 15.9 Å². The van der Waals surface area contributed by atoms with Crippen molar-refractivity contribution in [1.29, 1.82) is 0 Å². The molecule has 3 rings (SSSR count). The Morgan fingerprint density at radius 1 is 1.28 bits per heavy atom. The fraction of sp³-hybridized carbons (Fsp3) is 0.294. The van der Waals surface area contributed by atoms with Gasteiger partial charge in [0.05, 0.1) is 15.9 Å². The summed E-state index contributed by atoms with van der Waals surface area (Å²) in [5.41, 5.74) is 0.488. The Morgan fingerprint density at radius 2 is 2.00 bits per heavy atom. The first-order chi connectivity index (χ1) is 11.9. The molecule has 2 heterocycles. The molecule has 2 aromatic rings. The molecule has 0 saturated carbocycles. The number of Topliss-reactive ketones (excluding diaryl/α,β-unsaturated/α-hetero) is 1. The number of pyridine rings is 1. The third-order valence-corrected chi connectivity index (χ3v) is 6.49. The molecule has 1 aliphatic rings. The van der Waals surface area contributed by atoms with Crippen molar-refractivity contribution < 1.29 is 17.9 Å². The summed E-state index contributed by atoms with van der Waals surface area (Å²) in [5, 5.41) is 0. The average molecular weight is 425 g/mol. The number of ketones is 1. The minimum absolute atomic E-state index is 0.0977. The highest BCUT2D eigenvalue weighted by atomic mass is 79.9. The molecule has 1 fully saturated rings. The number of rotatable bonds is 5. The Bertz CT molecular complexity index is 884. The zero-order valence-corrected chi connectivity index (χ0v) is 16.0. The van der Waals surface area contributed by atoms with Crippen LogP contribution in [-0.2, 0) is 10.0 Å². The van der Waals surface area contributed by atoms with E-state index in [0.29, 0.717) is 24.4 Å². The Kier molecular flexibility index (Phi) is 5.21. The number of sulfonamides is 1. The lowest BCUT2D eigenvalue weighted by Crippen LogP contribution is -2.31. The van der Waals surface area contributed by atoms with Crippen molar-refractivity contribution in [2.45, 2.75) is 24.3 Å². The average Bonchev–Trinajstić information content (AvgIpc) is 3.06. The predicted octanol–water partition coefficient (Wildman–Crippen LogP) is 2.89. The molecule has 1 saturated heterocycles. The van der Waals surface area contributed by atoms with Gasteiger partial charge in [0.15, 0.2) is 5.78 Å². The Labute approximate surface area is 155 Å². The van der Waals surface area contributed by atoms with E-state index in [1.54, 1.807) is 12.3 Å². The van der Waals surface area contributed by atoms with Crippen LogP contribution in [0.4, 0.5) is 0 Å². The van der Waals surface area contributed by atoms with Gasteiger partial charge in [-0.2, -0.15) is 4.31 Å². The highest BCUT2D eigenvalue weighted by Gasteiger charge is 2.34. The summed E-state index contributed by atoms with van der Waals surface area (Å²) in [7, 11) is -3.61. The van der Waals surface area contributed by atoms with E-state index >= 15 is 0 Å². The molecule has 0 N–H and O–H groups in total. The maximum Gasteiger partial charge on any atom is 0.243 e. The highest BCUT2D eigenvalue weighted by Crippen LogP contribution is 2.27. The number of carbonyl (C=O) groups excluding carboxylic acids is 1. The van der Waals surface area contributed by atoms with E-state index in [9.17, 15) is 13.2 Å². The van der Waals surface area contributed by atoms with Crippen LogP contribution in [0.3, 0.4) is 0 Å². The van der Waals surface area contributed by atoms with Gasteiger partial charge < -0.3 is 4.74 Å². The molecule has 6 nitrogen and oxygen atoms in total. The third-order valence-electron chi connectivity index (χ3n) is 4.01. The van der Waals surface area contributed by atoms with E-state index in [0.717, 1.165) is 4.47 Å². The molecule has 0 spiro atoms. The number of hydrogen-bond acceptors (Lipinski definition) is 5. The summed E-state index contributed by atoms with van der Waals surface area (Å²) in [5.74, 6) is 0.358. The molecular formula is C17H17BrN2O4S. The second-order valence-electron chi connectivity index (χ2n) is 5.76. The van der Waals surface area contributed by atoms with Crippen molar-refractivity contribution in [3.63, 3.8) is 0 Å². The molecule has 0 bridgehead atoms. The van der Waals surface area contributed by atoms with Gasteiger partial charge in [-0.1, -0.05) is 12.1 Å². The smallest absolute Gasteiger partial charge is 0.243 e. The SMILES string of the molecule is CC(=O)c1ccc(S(=O)(=O)N2CCC(Oc3ncccc3Br)C2)cc1. The molecule has 1 aliphatic heterocycles. The number of carbonyl (C=O) groups is 1. The molecule has 25 heavy (non-hydrogen) atoms. The minimum atomic E-state index is -3.61. The van der Waals surface area contributed by atoms with Gasteiger partial charge in [0, 0.05) is 18.3 Å². The summed E-state index contributed by atoms with van der Waals surface area (Å²) in [4.78, 5) is 15.6. The fourth-order valence-electron chi connectivity index (χ4n) is 2.64. The van der Waals surface area contributed by atoms with E-state index in [4.69, 9.17) is 4.74 Å². The molecule has 1 unspecified atom stereocenters. The lowest BCUT2D eigenvalue weighted by atomic mass is 10.2. The molecule has 132 valence electrons. The standard InChI is InChI=1S/C17H17BrN2O4S/c1-12(21)13-4-6-15(7-5-13)25(22,23)20-10-8-14(11-20)24-17-16(18)3-2-9-19-17/h2-7,9,14H,8,10-11H2,1H3. The second-order valence-corrected chi connectivity index (χ2v) is 8.55. The van der Waals surface area contributed by atoms with Crippen molar-refractivity contribution in [2.24, 2.45) is 0 Å². The number of nitrogens with zero attached hydrogens (tertiary/aromatic N) is 2. The van der Waals surface area contributed by atoms with Gasteiger partial charge in [-0.05, 0) is 53.5 Å². The summed E-state index contributed by atoms with van der Waals surface area (Å²) in [6.07, 6.45) is 1.96. The lowest BCUT2D eigenvalue weighted by Gasteiger charge is -2.17. The van der Waals surface area contributed by atoms with Gasteiger partial charge in [-0.3, -0.25) is 4.79 Å². The van der Waals surface area contributed by atoms with Crippen molar-refractivity contribution in [3.8, 4) is 5.88 Å². The first-order valence-electron chi connectivity index (χ1n) is 7.76. The van der Waals surface area contributed by atoms with Crippen LogP contribution in [0.1, 0.15) is 23.7 Å². The maximum atomic E-state index is 12.7. The first kappa shape index (κ1) is 18.0. The molecule has 0 amide bonds. The van der Waals surface area contributed by atoms with Crippen molar-refractivity contribution in [3.05, 3.63) is 52.6 Å². The molecule has 1 atom stereocenters. The van der Waals surface area contributed by atoms with E-state index in [1.165, 1.54) is 35.5 Å². The van der Waals surface area contributed by atoms with Crippen LogP contribution in [0.5, 0.6) is 5.88 Å².